The van der Waals surface area contributed by atoms with E-state index in [9.17, 15) is 0 Å². The Bertz CT molecular complexity index is 527. The van der Waals surface area contributed by atoms with E-state index in [1.54, 1.807) is 0 Å². The number of nitrogens with zero attached hydrogens (tertiary/aromatic N) is 1. The van der Waals surface area contributed by atoms with Crippen LogP contribution in [0.25, 0.3) is 10.9 Å². The Balaban J connectivity index is 2.04. The number of hydrogen-bond donors (Lipinski definition) is 1. The van der Waals surface area contributed by atoms with Crippen LogP contribution in [-0.4, -0.2) is 10.2 Å². The van der Waals surface area contributed by atoms with Crippen molar-refractivity contribution in [2.75, 3.05) is 0 Å². The SMILES string of the molecule is CCCCCCc1cccc2n[nH]c(CCCCCC)c12. The molecule has 0 bridgehead atoms. The summed E-state index contributed by atoms with van der Waals surface area (Å²) < 4.78 is 0. The summed E-state index contributed by atoms with van der Waals surface area (Å²) in [6, 6.07) is 6.58. The predicted octanol–water partition coefficient (Wildman–Crippen LogP) is 5.81. The zero-order chi connectivity index (χ0) is 14.9. The third-order valence-electron chi connectivity index (χ3n) is 4.32. The van der Waals surface area contributed by atoms with E-state index < -0.39 is 0 Å². The molecule has 1 aromatic carbocycles. The van der Waals surface area contributed by atoms with Gasteiger partial charge in [0.2, 0.25) is 0 Å². The molecule has 1 N–H and O–H groups in total. The lowest BCUT2D eigenvalue weighted by atomic mass is 9.99. The molecule has 2 heteroatoms. The fourth-order valence-corrected chi connectivity index (χ4v) is 3.07. The predicted molar refractivity (Wildman–Crippen MR) is 91.8 cm³/mol. The second-order valence-corrected chi connectivity index (χ2v) is 6.13. The van der Waals surface area contributed by atoms with Crippen LogP contribution in [0, 0.1) is 0 Å². The molecule has 0 aliphatic rings. The van der Waals surface area contributed by atoms with Crippen LogP contribution >= 0.6 is 0 Å². The normalized spacial score (nSPS) is 11.3. The number of aromatic amines is 1. The molecular weight excluding hydrogens is 256 g/mol. The van der Waals surface area contributed by atoms with Gasteiger partial charge in [-0.25, -0.2) is 0 Å². The molecule has 0 saturated carbocycles. The van der Waals surface area contributed by atoms with E-state index in [1.165, 1.54) is 74.4 Å². The van der Waals surface area contributed by atoms with Crippen molar-refractivity contribution in [3.05, 3.63) is 29.5 Å². The lowest BCUT2D eigenvalue weighted by Crippen LogP contribution is -1.92. The molecule has 0 radical (unpaired) electrons. The molecule has 0 fully saturated rings. The minimum Gasteiger partial charge on any atom is -0.281 e. The Morgan fingerprint density at radius 1 is 0.857 bits per heavy atom. The first-order chi connectivity index (χ1) is 10.4. The maximum atomic E-state index is 4.50. The van der Waals surface area contributed by atoms with Gasteiger partial charge < -0.3 is 0 Å². The molecule has 0 saturated heterocycles. The first-order valence-electron chi connectivity index (χ1n) is 8.81. The van der Waals surface area contributed by atoms with Gasteiger partial charge in [0.05, 0.1) is 5.52 Å². The lowest BCUT2D eigenvalue weighted by Gasteiger charge is -2.06. The molecule has 0 aliphatic carbocycles. The molecule has 1 aromatic heterocycles. The van der Waals surface area contributed by atoms with Gasteiger partial charge in [-0.15, -0.1) is 0 Å². The number of nitrogens with one attached hydrogen (secondary N) is 1. The summed E-state index contributed by atoms with van der Waals surface area (Å²) in [6.07, 6.45) is 12.9. The number of hydrogen-bond acceptors (Lipinski definition) is 1. The average Bonchev–Trinajstić information content (AvgIpc) is 2.92. The number of aromatic nitrogens is 2. The van der Waals surface area contributed by atoms with E-state index in [1.807, 2.05) is 0 Å². The first kappa shape index (κ1) is 16.1. The van der Waals surface area contributed by atoms with Gasteiger partial charge in [-0.3, -0.25) is 5.10 Å². The minimum absolute atomic E-state index is 1.14. The van der Waals surface area contributed by atoms with Crippen molar-refractivity contribution in [1.82, 2.24) is 10.2 Å². The van der Waals surface area contributed by atoms with E-state index in [0.717, 1.165) is 11.9 Å². The average molecular weight is 286 g/mol. The Labute approximate surface area is 129 Å². The summed E-state index contributed by atoms with van der Waals surface area (Å²) in [5.41, 5.74) is 3.99. The van der Waals surface area contributed by atoms with Crippen LogP contribution in [0.3, 0.4) is 0 Å². The monoisotopic (exact) mass is 286 g/mol. The quantitative estimate of drug-likeness (QED) is 0.549. The fourth-order valence-electron chi connectivity index (χ4n) is 3.07. The number of fused-ring (bicyclic) bond motifs is 1. The van der Waals surface area contributed by atoms with Crippen LogP contribution < -0.4 is 0 Å². The topological polar surface area (TPSA) is 28.7 Å². The van der Waals surface area contributed by atoms with Crippen molar-refractivity contribution < 1.29 is 0 Å². The molecule has 0 spiro atoms. The smallest absolute Gasteiger partial charge is 0.0926 e. The summed E-state index contributed by atoms with van der Waals surface area (Å²) in [7, 11) is 0. The lowest BCUT2D eigenvalue weighted by molar-refractivity contribution is 0.659. The summed E-state index contributed by atoms with van der Waals surface area (Å²) in [6.45, 7) is 4.53. The maximum Gasteiger partial charge on any atom is 0.0926 e. The van der Waals surface area contributed by atoms with Gasteiger partial charge in [0, 0.05) is 11.1 Å². The van der Waals surface area contributed by atoms with Crippen LogP contribution in [0.1, 0.15) is 76.5 Å². The van der Waals surface area contributed by atoms with E-state index >= 15 is 0 Å². The minimum atomic E-state index is 1.14. The summed E-state index contributed by atoms with van der Waals surface area (Å²) in [5, 5.41) is 9.19. The van der Waals surface area contributed by atoms with E-state index in [0.29, 0.717) is 0 Å². The Kier molecular flexibility index (Phi) is 6.78. The van der Waals surface area contributed by atoms with Crippen LogP contribution in [0.5, 0.6) is 0 Å². The Morgan fingerprint density at radius 2 is 1.57 bits per heavy atom. The molecule has 2 aromatic rings. The zero-order valence-corrected chi connectivity index (χ0v) is 13.8. The fraction of sp³-hybridized carbons (Fsp3) is 0.632. The largest absolute Gasteiger partial charge is 0.281 e. The van der Waals surface area contributed by atoms with Crippen LogP contribution in [0.4, 0.5) is 0 Å². The van der Waals surface area contributed by atoms with Crippen LogP contribution in [0.15, 0.2) is 18.2 Å². The summed E-state index contributed by atoms with van der Waals surface area (Å²) >= 11 is 0. The molecular formula is C19H30N2. The van der Waals surface area contributed by atoms with Gasteiger partial charge >= 0.3 is 0 Å². The highest BCUT2D eigenvalue weighted by Gasteiger charge is 2.09. The molecule has 2 nitrogen and oxygen atoms in total. The highest BCUT2D eigenvalue weighted by molar-refractivity contribution is 5.84. The number of unbranched alkanes of at least 4 members (excludes halogenated alkanes) is 6. The molecule has 0 amide bonds. The second-order valence-electron chi connectivity index (χ2n) is 6.13. The summed E-state index contributed by atoms with van der Waals surface area (Å²) in [5.74, 6) is 0. The van der Waals surface area contributed by atoms with E-state index in [2.05, 4.69) is 42.2 Å². The van der Waals surface area contributed by atoms with E-state index in [-0.39, 0.29) is 0 Å². The molecule has 1 heterocycles. The third-order valence-corrected chi connectivity index (χ3v) is 4.32. The van der Waals surface area contributed by atoms with Gasteiger partial charge in [-0.2, -0.15) is 5.10 Å². The number of aryl methyl sites for hydroxylation is 2. The number of benzene rings is 1. The van der Waals surface area contributed by atoms with E-state index in [4.69, 9.17) is 0 Å². The number of H-pyrrole nitrogens is 1. The Hall–Kier alpha value is -1.31. The molecule has 0 aliphatic heterocycles. The highest BCUT2D eigenvalue weighted by Crippen LogP contribution is 2.24. The van der Waals surface area contributed by atoms with Crippen molar-refractivity contribution in [2.24, 2.45) is 0 Å². The van der Waals surface area contributed by atoms with Crippen molar-refractivity contribution in [3.63, 3.8) is 0 Å². The van der Waals surface area contributed by atoms with Gasteiger partial charge in [0.25, 0.3) is 0 Å². The number of rotatable bonds is 10. The summed E-state index contributed by atoms with van der Waals surface area (Å²) in [4.78, 5) is 0. The second kappa shape index (κ2) is 8.86. The zero-order valence-electron chi connectivity index (χ0n) is 13.8. The van der Waals surface area contributed by atoms with Gasteiger partial charge in [0.15, 0.2) is 0 Å². The molecule has 0 unspecified atom stereocenters. The molecule has 116 valence electrons. The van der Waals surface area contributed by atoms with Crippen molar-refractivity contribution in [3.8, 4) is 0 Å². The van der Waals surface area contributed by atoms with Gasteiger partial charge in [-0.1, -0.05) is 64.5 Å². The van der Waals surface area contributed by atoms with Crippen LogP contribution in [0.2, 0.25) is 0 Å². The van der Waals surface area contributed by atoms with Gasteiger partial charge in [-0.05, 0) is 37.3 Å². The molecule has 0 atom stereocenters. The maximum absolute atomic E-state index is 4.50. The molecule has 2 rings (SSSR count). The Morgan fingerprint density at radius 3 is 2.29 bits per heavy atom. The van der Waals surface area contributed by atoms with Crippen molar-refractivity contribution in [1.29, 1.82) is 0 Å². The molecule has 21 heavy (non-hydrogen) atoms. The van der Waals surface area contributed by atoms with Crippen LogP contribution in [-0.2, 0) is 12.8 Å². The van der Waals surface area contributed by atoms with Crippen molar-refractivity contribution in [2.45, 2.75) is 78.1 Å². The standard InChI is InChI=1S/C19H30N2/c1-3-5-7-9-12-16-13-11-15-18-19(16)17(20-21-18)14-10-8-6-4-2/h11,13,15H,3-10,12,14H2,1-2H3,(H,20,21). The highest BCUT2D eigenvalue weighted by atomic mass is 15.1. The van der Waals surface area contributed by atoms with Crippen molar-refractivity contribution >= 4 is 10.9 Å². The van der Waals surface area contributed by atoms with Gasteiger partial charge in [0.1, 0.15) is 0 Å². The third kappa shape index (κ3) is 4.59. The first-order valence-corrected chi connectivity index (χ1v) is 8.81.